The highest BCUT2D eigenvalue weighted by Gasteiger charge is 2.05. The van der Waals surface area contributed by atoms with E-state index in [9.17, 15) is 4.79 Å². The molecule has 0 saturated carbocycles. The molecule has 13 heavy (non-hydrogen) atoms. The van der Waals surface area contributed by atoms with Gasteiger partial charge >= 0.3 is 0 Å². The second-order valence-corrected chi connectivity index (χ2v) is 2.82. The van der Waals surface area contributed by atoms with E-state index in [1.54, 1.807) is 12.1 Å². The molecule has 0 bridgehead atoms. The first-order valence-corrected chi connectivity index (χ1v) is 4.32. The van der Waals surface area contributed by atoms with Crippen molar-refractivity contribution < 1.29 is 4.79 Å². The number of carbonyl (C=O) groups excluding carboxylic acids is 1. The van der Waals surface area contributed by atoms with E-state index >= 15 is 0 Å². The first-order valence-electron chi connectivity index (χ1n) is 4.32. The molecule has 70 valence electrons. The molecule has 1 rings (SSSR count). The van der Waals surface area contributed by atoms with E-state index in [4.69, 9.17) is 0 Å². The molecule has 0 atom stereocenters. The summed E-state index contributed by atoms with van der Waals surface area (Å²) in [5.74, 6) is -0.158. The highest BCUT2D eigenvalue weighted by Crippen LogP contribution is 1.94. The molecule has 0 aliphatic carbocycles. The molecule has 1 amide bonds. The van der Waals surface area contributed by atoms with Crippen LogP contribution in [0.1, 0.15) is 29.5 Å². The minimum Gasteiger partial charge on any atom is -0.351 e. The minimum absolute atomic E-state index is 0.158. The van der Waals surface area contributed by atoms with Crippen molar-refractivity contribution in [3.8, 4) is 0 Å². The van der Waals surface area contributed by atoms with E-state index in [0.717, 1.165) is 12.1 Å². The summed E-state index contributed by atoms with van der Waals surface area (Å²) in [6, 6.07) is 3.45. The molecule has 0 aromatic carbocycles. The van der Waals surface area contributed by atoms with Gasteiger partial charge in [-0.25, -0.2) is 0 Å². The van der Waals surface area contributed by atoms with Gasteiger partial charge in [-0.2, -0.15) is 5.10 Å². The summed E-state index contributed by atoms with van der Waals surface area (Å²) in [4.78, 5) is 11.3. The Labute approximate surface area is 77.4 Å². The summed E-state index contributed by atoms with van der Waals surface area (Å²) in [5, 5.41) is 10.3. The van der Waals surface area contributed by atoms with Gasteiger partial charge in [0.1, 0.15) is 0 Å². The number of aryl methyl sites for hydroxylation is 1. The van der Waals surface area contributed by atoms with E-state index in [1.165, 1.54) is 0 Å². The van der Waals surface area contributed by atoms with Gasteiger partial charge in [-0.05, 0) is 25.5 Å². The van der Waals surface area contributed by atoms with Crippen molar-refractivity contribution in [3.63, 3.8) is 0 Å². The van der Waals surface area contributed by atoms with E-state index in [-0.39, 0.29) is 5.91 Å². The van der Waals surface area contributed by atoms with Crippen molar-refractivity contribution in [2.75, 3.05) is 6.54 Å². The molecular weight excluding hydrogens is 166 g/mol. The van der Waals surface area contributed by atoms with Crippen LogP contribution in [0.3, 0.4) is 0 Å². The number of hydrogen-bond donors (Lipinski definition) is 1. The molecule has 1 N–H and O–H groups in total. The lowest BCUT2D eigenvalue weighted by atomic mass is 10.3. The van der Waals surface area contributed by atoms with Crippen molar-refractivity contribution in [1.29, 1.82) is 0 Å². The maximum atomic E-state index is 11.3. The summed E-state index contributed by atoms with van der Waals surface area (Å²) in [7, 11) is 0. The quantitative estimate of drug-likeness (QED) is 0.750. The number of rotatable bonds is 3. The van der Waals surface area contributed by atoms with E-state index in [1.807, 2.05) is 13.8 Å². The molecular formula is C9H13N3O. The molecule has 0 fully saturated rings. The fourth-order valence-electron chi connectivity index (χ4n) is 0.849. The number of amides is 1. The Kier molecular flexibility index (Phi) is 3.37. The summed E-state index contributed by atoms with van der Waals surface area (Å²) < 4.78 is 0. The van der Waals surface area contributed by atoms with Crippen LogP contribution in [0.5, 0.6) is 0 Å². The SMILES string of the molecule is CCCNC(=O)c1ccc(C)nn1. The Bertz CT molecular complexity index is 281. The van der Waals surface area contributed by atoms with Crippen LogP contribution in [0.2, 0.25) is 0 Å². The van der Waals surface area contributed by atoms with Gasteiger partial charge in [0.25, 0.3) is 5.91 Å². The molecule has 0 aliphatic heterocycles. The number of aromatic nitrogens is 2. The Morgan fingerprint density at radius 1 is 1.46 bits per heavy atom. The van der Waals surface area contributed by atoms with Gasteiger partial charge in [-0.1, -0.05) is 6.92 Å². The van der Waals surface area contributed by atoms with Gasteiger partial charge in [0.05, 0.1) is 5.69 Å². The second-order valence-electron chi connectivity index (χ2n) is 2.82. The zero-order valence-corrected chi connectivity index (χ0v) is 7.87. The van der Waals surface area contributed by atoms with Gasteiger partial charge < -0.3 is 5.32 Å². The van der Waals surface area contributed by atoms with Crippen LogP contribution in [0.15, 0.2) is 12.1 Å². The Balaban J connectivity index is 2.61. The summed E-state index contributed by atoms with van der Waals surface area (Å²) in [6.45, 7) is 4.51. The third kappa shape index (κ3) is 2.82. The highest BCUT2D eigenvalue weighted by atomic mass is 16.1. The Morgan fingerprint density at radius 2 is 2.23 bits per heavy atom. The zero-order valence-electron chi connectivity index (χ0n) is 7.87. The van der Waals surface area contributed by atoms with Gasteiger partial charge in [0.15, 0.2) is 5.69 Å². The molecule has 4 nitrogen and oxygen atoms in total. The lowest BCUT2D eigenvalue weighted by Gasteiger charge is -2.01. The topological polar surface area (TPSA) is 54.9 Å². The molecule has 0 unspecified atom stereocenters. The van der Waals surface area contributed by atoms with Crippen LogP contribution >= 0.6 is 0 Å². The minimum atomic E-state index is -0.158. The molecule has 0 saturated heterocycles. The van der Waals surface area contributed by atoms with Crippen LogP contribution < -0.4 is 5.32 Å². The smallest absolute Gasteiger partial charge is 0.271 e. The normalized spacial score (nSPS) is 9.69. The van der Waals surface area contributed by atoms with E-state index in [0.29, 0.717) is 12.2 Å². The fraction of sp³-hybridized carbons (Fsp3) is 0.444. The molecule has 4 heteroatoms. The summed E-state index contributed by atoms with van der Waals surface area (Å²) in [5.41, 5.74) is 1.19. The number of hydrogen-bond acceptors (Lipinski definition) is 3. The standard InChI is InChI=1S/C9H13N3O/c1-3-6-10-9(13)8-5-4-7(2)11-12-8/h4-5H,3,6H2,1-2H3,(H,10,13). The van der Waals surface area contributed by atoms with Gasteiger partial charge in [-0.3, -0.25) is 4.79 Å². The molecule has 1 heterocycles. The predicted molar refractivity (Wildman–Crippen MR) is 49.4 cm³/mol. The van der Waals surface area contributed by atoms with Crippen LogP contribution in [0, 0.1) is 6.92 Å². The van der Waals surface area contributed by atoms with Gasteiger partial charge in [0.2, 0.25) is 0 Å². The number of nitrogens with zero attached hydrogens (tertiary/aromatic N) is 2. The van der Waals surface area contributed by atoms with Crippen molar-refractivity contribution in [3.05, 3.63) is 23.5 Å². The van der Waals surface area contributed by atoms with Crippen LogP contribution in [-0.4, -0.2) is 22.6 Å². The molecule has 0 spiro atoms. The number of carbonyl (C=O) groups is 1. The highest BCUT2D eigenvalue weighted by molar-refractivity contribution is 5.91. The van der Waals surface area contributed by atoms with Crippen molar-refractivity contribution in [2.45, 2.75) is 20.3 Å². The Hall–Kier alpha value is -1.45. The van der Waals surface area contributed by atoms with Crippen LogP contribution in [0.25, 0.3) is 0 Å². The average Bonchev–Trinajstić information content (AvgIpc) is 2.15. The largest absolute Gasteiger partial charge is 0.351 e. The number of nitrogens with one attached hydrogen (secondary N) is 1. The van der Waals surface area contributed by atoms with E-state index in [2.05, 4.69) is 15.5 Å². The van der Waals surface area contributed by atoms with Gasteiger partial charge in [0, 0.05) is 6.54 Å². The van der Waals surface area contributed by atoms with Crippen LogP contribution in [0.4, 0.5) is 0 Å². The molecule has 1 aromatic heterocycles. The zero-order chi connectivity index (χ0) is 9.68. The maximum Gasteiger partial charge on any atom is 0.271 e. The lowest BCUT2D eigenvalue weighted by molar-refractivity contribution is 0.0947. The van der Waals surface area contributed by atoms with Crippen molar-refractivity contribution >= 4 is 5.91 Å². The Morgan fingerprint density at radius 3 is 2.77 bits per heavy atom. The summed E-state index contributed by atoms with van der Waals surface area (Å²) >= 11 is 0. The predicted octanol–water partition coefficient (Wildman–Crippen LogP) is 0.925. The third-order valence-electron chi connectivity index (χ3n) is 1.57. The summed E-state index contributed by atoms with van der Waals surface area (Å²) in [6.07, 6.45) is 0.922. The monoisotopic (exact) mass is 179 g/mol. The molecule has 0 aliphatic rings. The van der Waals surface area contributed by atoms with Crippen LogP contribution in [-0.2, 0) is 0 Å². The fourth-order valence-corrected chi connectivity index (χ4v) is 0.849. The first-order chi connectivity index (χ1) is 6.24. The average molecular weight is 179 g/mol. The first kappa shape index (κ1) is 9.64. The second kappa shape index (κ2) is 4.54. The maximum absolute atomic E-state index is 11.3. The lowest BCUT2D eigenvalue weighted by Crippen LogP contribution is -2.25. The van der Waals surface area contributed by atoms with Gasteiger partial charge in [-0.15, -0.1) is 5.10 Å². The molecule has 0 radical (unpaired) electrons. The van der Waals surface area contributed by atoms with Crippen molar-refractivity contribution in [2.24, 2.45) is 0 Å². The van der Waals surface area contributed by atoms with E-state index < -0.39 is 0 Å². The molecule has 1 aromatic rings. The van der Waals surface area contributed by atoms with Crippen molar-refractivity contribution in [1.82, 2.24) is 15.5 Å². The third-order valence-corrected chi connectivity index (χ3v) is 1.57.